The molecule has 7 heteroatoms. The fraction of sp³-hybridized carbons (Fsp3) is 0.714. The molecule has 21 heavy (non-hydrogen) atoms. The Morgan fingerprint density at radius 2 is 2.19 bits per heavy atom. The second-order valence-electron chi connectivity index (χ2n) is 4.60. The van der Waals surface area contributed by atoms with Gasteiger partial charge in [-0.15, -0.1) is 0 Å². The van der Waals surface area contributed by atoms with Gasteiger partial charge in [-0.05, 0) is 13.3 Å². The molecular weight excluding hydrogens is 270 g/mol. The minimum absolute atomic E-state index is 0.619. The Balaban J connectivity index is 2.22. The molecule has 1 aromatic heterocycles. The van der Waals surface area contributed by atoms with Crippen LogP contribution in [0.4, 0.5) is 0 Å². The predicted molar refractivity (Wildman–Crippen MR) is 83.3 cm³/mol. The second kappa shape index (κ2) is 11.1. The van der Waals surface area contributed by atoms with Crippen molar-refractivity contribution in [2.24, 2.45) is 12.0 Å². The molecule has 0 saturated heterocycles. The normalized spacial score (nSPS) is 11.7. The molecule has 0 unspecified atom stereocenters. The SMILES string of the molecule is CCNC(=NCc1cnn(C)c1)NCCCOCCOC. The highest BCUT2D eigenvalue weighted by molar-refractivity contribution is 5.79. The predicted octanol–water partition coefficient (Wildman–Crippen LogP) is 0.528. The summed E-state index contributed by atoms with van der Waals surface area (Å²) in [6, 6.07) is 0. The number of aryl methyl sites for hydroxylation is 1. The number of ether oxygens (including phenoxy) is 2. The molecule has 2 N–H and O–H groups in total. The van der Waals surface area contributed by atoms with Gasteiger partial charge in [0.2, 0.25) is 0 Å². The molecule has 0 spiro atoms. The average molecular weight is 297 g/mol. The first-order valence-corrected chi connectivity index (χ1v) is 7.32. The number of guanidine groups is 1. The number of aliphatic imine (C=N–C) groups is 1. The number of methoxy groups -OCH3 is 1. The van der Waals surface area contributed by atoms with Gasteiger partial charge in [0.25, 0.3) is 0 Å². The summed E-state index contributed by atoms with van der Waals surface area (Å²) in [6.45, 7) is 6.34. The van der Waals surface area contributed by atoms with E-state index in [0.717, 1.165) is 37.6 Å². The Morgan fingerprint density at radius 1 is 1.33 bits per heavy atom. The molecule has 0 aliphatic carbocycles. The van der Waals surface area contributed by atoms with Crippen LogP contribution in [0.2, 0.25) is 0 Å². The Bertz CT molecular complexity index is 406. The van der Waals surface area contributed by atoms with Crippen LogP contribution in [-0.4, -0.2) is 55.8 Å². The number of nitrogens with zero attached hydrogens (tertiary/aromatic N) is 3. The van der Waals surface area contributed by atoms with Crippen LogP contribution >= 0.6 is 0 Å². The lowest BCUT2D eigenvalue weighted by molar-refractivity contribution is 0.0698. The average Bonchev–Trinajstić information content (AvgIpc) is 2.89. The lowest BCUT2D eigenvalue weighted by atomic mass is 10.4. The van der Waals surface area contributed by atoms with Crippen LogP contribution in [0, 0.1) is 0 Å². The third-order valence-electron chi connectivity index (χ3n) is 2.71. The molecule has 1 heterocycles. The topological polar surface area (TPSA) is 72.7 Å². The van der Waals surface area contributed by atoms with Crippen LogP contribution in [0.1, 0.15) is 18.9 Å². The summed E-state index contributed by atoms with van der Waals surface area (Å²) in [5.41, 5.74) is 1.10. The summed E-state index contributed by atoms with van der Waals surface area (Å²) in [5, 5.41) is 10.6. The molecule has 0 radical (unpaired) electrons. The lowest BCUT2D eigenvalue weighted by Crippen LogP contribution is -2.38. The van der Waals surface area contributed by atoms with Gasteiger partial charge in [-0.3, -0.25) is 4.68 Å². The van der Waals surface area contributed by atoms with Gasteiger partial charge in [0.05, 0.1) is 26.0 Å². The summed E-state index contributed by atoms with van der Waals surface area (Å²) >= 11 is 0. The highest BCUT2D eigenvalue weighted by Crippen LogP contribution is 1.97. The smallest absolute Gasteiger partial charge is 0.191 e. The number of nitrogens with one attached hydrogen (secondary N) is 2. The molecule has 7 nitrogen and oxygen atoms in total. The van der Waals surface area contributed by atoms with Gasteiger partial charge < -0.3 is 20.1 Å². The molecule has 0 aliphatic heterocycles. The summed E-state index contributed by atoms with van der Waals surface area (Å²) < 4.78 is 12.1. The van der Waals surface area contributed by atoms with Gasteiger partial charge in [-0.2, -0.15) is 5.10 Å². The van der Waals surface area contributed by atoms with Crippen molar-refractivity contribution >= 4 is 5.96 Å². The van der Waals surface area contributed by atoms with Crippen molar-refractivity contribution in [1.29, 1.82) is 0 Å². The summed E-state index contributed by atoms with van der Waals surface area (Å²) in [6.07, 6.45) is 4.73. The Morgan fingerprint density at radius 3 is 2.86 bits per heavy atom. The van der Waals surface area contributed by atoms with E-state index < -0.39 is 0 Å². The first-order valence-electron chi connectivity index (χ1n) is 7.32. The largest absolute Gasteiger partial charge is 0.382 e. The zero-order valence-corrected chi connectivity index (χ0v) is 13.3. The van der Waals surface area contributed by atoms with Gasteiger partial charge >= 0.3 is 0 Å². The first kappa shape index (κ1) is 17.5. The molecular formula is C14H27N5O2. The molecule has 120 valence electrons. The second-order valence-corrected chi connectivity index (χ2v) is 4.60. The van der Waals surface area contributed by atoms with Crippen LogP contribution < -0.4 is 10.6 Å². The lowest BCUT2D eigenvalue weighted by Gasteiger charge is -2.11. The highest BCUT2D eigenvalue weighted by atomic mass is 16.5. The maximum atomic E-state index is 5.41. The maximum Gasteiger partial charge on any atom is 0.191 e. The van der Waals surface area contributed by atoms with E-state index in [1.807, 2.05) is 19.4 Å². The van der Waals surface area contributed by atoms with E-state index in [1.165, 1.54) is 0 Å². The van der Waals surface area contributed by atoms with Gasteiger partial charge in [0, 0.05) is 45.6 Å². The first-order chi connectivity index (χ1) is 10.3. The van der Waals surface area contributed by atoms with Crippen molar-refractivity contribution in [1.82, 2.24) is 20.4 Å². The monoisotopic (exact) mass is 297 g/mol. The summed E-state index contributed by atoms with van der Waals surface area (Å²) in [4.78, 5) is 4.52. The van der Waals surface area contributed by atoms with Gasteiger partial charge in [-0.25, -0.2) is 4.99 Å². The highest BCUT2D eigenvalue weighted by Gasteiger charge is 1.99. The number of aromatic nitrogens is 2. The number of hydrogen-bond acceptors (Lipinski definition) is 4. The van der Waals surface area contributed by atoms with Crippen LogP contribution in [0.15, 0.2) is 17.4 Å². The minimum Gasteiger partial charge on any atom is -0.382 e. The standard InChI is InChI=1S/C14H27N5O2/c1-4-15-14(16-6-5-7-21-9-8-20-3)17-10-13-11-18-19(2)12-13/h11-12H,4-10H2,1-3H3,(H2,15,16,17). The third kappa shape index (κ3) is 8.31. The molecule has 1 aromatic rings. The quantitative estimate of drug-likeness (QED) is 0.374. The van der Waals surface area contributed by atoms with E-state index in [-0.39, 0.29) is 0 Å². The van der Waals surface area contributed by atoms with Crippen LogP contribution in [0.5, 0.6) is 0 Å². The van der Waals surface area contributed by atoms with Gasteiger partial charge in [-0.1, -0.05) is 0 Å². The molecule has 0 atom stereocenters. The molecule has 0 aromatic carbocycles. The van der Waals surface area contributed by atoms with Crippen LogP contribution in [0.25, 0.3) is 0 Å². The van der Waals surface area contributed by atoms with Crippen LogP contribution in [0.3, 0.4) is 0 Å². The zero-order valence-electron chi connectivity index (χ0n) is 13.3. The van der Waals surface area contributed by atoms with Gasteiger partial charge in [0.1, 0.15) is 0 Å². The van der Waals surface area contributed by atoms with E-state index in [2.05, 4.69) is 27.6 Å². The van der Waals surface area contributed by atoms with E-state index in [1.54, 1.807) is 11.8 Å². The zero-order chi connectivity index (χ0) is 15.3. The van der Waals surface area contributed by atoms with Gasteiger partial charge in [0.15, 0.2) is 5.96 Å². The molecule has 0 aliphatic rings. The van der Waals surface area contributed by atoms with Crippen molar-refractivity contribution in [3.8, 4) is 0 Å². The van der Waals surface area contributed by atoms with Crippen molar-refractivity contribution in [3.63, 3.8) is 0 Å². The molecule has 0 saturated carbocycles. The maximum absolute atomic E-state index is 5.41. The van der Waals surface area contributed by atoms with Crippen LogP contribution in [-0.2, 0) is 23.1 Å². The summed E-state index contributed by atoms with van der Waals surface area (Å²) in [5.74, 6) is 0.818. The van der Waals surface area contributed by atoms with E-state index >= 15 is 0 Å². The Kier molecular flexibility index (Phi) is 9.23. The Labute approximate surface area is 126 Å². The fourth-order valence-electron chi connectivity index (χ4n) is 1.69. The van der Waals surface area contributed by atoms with Crippen molar-refractivity contribution in [3.05, 3.63) is 18.0 Å². The molecule has 0 bridgehead atoms. The minimum atomic E-state index is 0.619. The summed E-state index contributed by atoms with van der Waals surface area (Å²) in [7, 11) is 3.58. The third-order valence-corrected chi connectivity index (χ3v) is 2.71. The molecule has 0 fully saturated rings. The van der Waals surface area contributed by atoms with E-state index in [4.69, 9.17) is 9.47 Å². The number of rotatable bonds is 10. The molecule has 0 amide bonds. The van der Waals surface area contributed by atoms with E-state index in [0.29, 0.717) is 19.8 Å². The Hall–Kier alpha value is -1.60. The fourth-order valence-corrected chi connectivity index (χ4v) is 1.69. The van der Waals surface area contributed by atoms with Crippen molar-refractivity contribution in [2.75, 3.05) is 40.0 Å². The number of hydrogen-bond donors (Lipinski definition) is 2. The van der Waals surface area contributed by atoms with Crippen molar-refractivity contribution in [2.45, 2.75) is 19.9 Å². The van der Waals surface area contributed by atoms with E-state index in [9.17, 15) is 0 Å². The molecule has 1 rings (SSSR count). The van der Waals surface area contributed by atoms with Crippen molar-refractivity contribution < 1.29 is 9.47 Å².